The largest absolute Gasteiger partial charge is 0.318 e. The normalized spacial score (nSPS) is 15.1. The van der Waals surface area contributed by atoms with Crippen molar-refractivity contribution in [1.29, 1.82) is 0 Å². The van der Waals surface area contributed by atoms with Crippen LogP contribution in [0.15, 0.2) is 30.9 Å². The van der Waals surface area contributed by atoms with E-state index in [1.807, 2.05) is 6.92 Å². The highest BCUT2D eigenvalue weighted by molar-refractivity contribution is 5.32. The van der Waals surface area contributed by atoms with Crippen LogP contribution in [0.1, 0.15) is 18.1 Å². The monoisotopic (exact) mass is 179 g/mol. The summed E-state index contributed by atoms with van der Waals surface area (Å²) in [5.41, 5.74) is 6.54. The van der Waals surface area contributed by atoms with E-state index in [9.17, 15) is 4.39 Å². The molecule has 0 aromatic heterocycles. The number of halogens is 1. The summed E-state index contributed by atoms with van der Waals surface area (Å²) in [4.78, 5) is 0. The third kappa shape index (κ3) is 1.95. The molecule has 0 bridgehead atoms. The molecule has 0 saturated heterocycles. The number of hydrogen-bond acceptors (Lipinski definition) is 1. The summed E-state index contributed by atoms with van der Waals surface area (Å²) in [6.45, 7) is 7.23. The zero-order valence-electron chi connectivity index (χ0n) is 7.97. The average molecular weight is 179 g/mol. The van der Waals surface area contributed by atoms with Crippen LogP contribution in [0.5, 0.6) is 0 Å². The van der Waals surface area contributed by atoms with Gasteiger partial charge in [0, 0.05) is 5.56 Å². The molecule has 2 heteroatoms. The Balaban J connectivity index is 3.28. The highest BCUT2D eigenvalue weighted by Gasteiger charge is 2.20. The molecule has 2 N–H and O–H groups in total. The molecule has 13 heavy (non-hydrogen) atoms. The Bertz CT molecular complexity index is 329. The van der Waals surface area contributed by atoms with E-state index in [1.54, 1.807) is 25.1 Å². The maximum atomic E-state index is 13.3. The predicted octanol–water partition coefficient (Wildman–Crippen LogP) is 2.49. The van der Waals surface area contributed by atoms with Gasteiger partial charge >= 0.3 is 0 Å². The number of hydrogen-bond donors (Lipinski definition) is 1. The molecule has 0 aliphatic rings. The summed E-state index contributed by atoms with van der Waals surface area (Å²) >= 11 is 0. The van der Waals surface area contributed by atoms with E-state index in [2.05, 4.69) is 6.58 Å². The highest BCUT2D eigenvalue weighted by atomic mass is 19.1. The molecule has 0 aliphatic carbocycles. The minimum atomic E-state index is -0.796. The minimum absolute atomic E-state index is 0.282. The van der Waals surface area contributed by atoms with Gasteiger partial charge in [-0.1, -0.05) is 23.8 Å². The van der Waals surface area contributed by atoms with E-state index < -0.39 is 5.54 Å². The van der Waals surface area contributed by atoms with Gasteiger partial charge in [0.05, 0.1) is 5.54 Å². The standard InChI is InChI=1S/C11H14FN/c1-4-11(3,13)9-7-8(2)5-6-10(9)12/h4-7H,1,13H2,2-3H3. The van der Waals surface area contributed by atoms with E-state index in [1.165, 1.54) is 6.07 Å². The van der Waals surface area contributed by atoms with E-state index in [0.717, 1.165) is 5.56 Å². The van der Waals surface area contributed by atoms with Gasteiger partial charge < -0.3 is 5.73 Å². The first-order valence-corrected chi connectivity index (χ1v) is 4.16. The number of benzene rings is 1. The Morgan fingerprint density at radius 3 is 2.69 bits per heavy atom. The number of aryl methyl sites for hydroxylation is 1. The fourth-order valence-electron chi connectivity index (χ4n) is 1.16. The minimum Gasteiger partial charge on any atom is -0.318 e. The summed E-state index contributed by atoms with van der Waals surface area (Å²) in [5, 5.41) is 0. The molecule has 1 aromatic carbocycles. The van der Waals surface area contributed by atoms with Crippen molar-refractivity contribution in [3.05, 3.63) is 47.8 Å². The molecular formula is C11H14FN. The lowest BCUT2D eigenvalue weighted by molar-refractivity contribution is 0.543. The quantitative estimate of drug-likeness (QED) is 0.693. The molecule has 1 unspecified atom stereocenters. The summed E-state index contributed by atoms with van der Waals surface area (Å²) < 4.78 is 13.3. The zero-order chi connectivity index (χ0) is 10.1. The lowest BCUT2D eigenvalue weighted by Gasteiger charge is -2.21. The van der Waals surface area contributed by atoms with Crippen molar-refractivity contribution in [3.8, 4) is 0 Å². The van der Waals surface area contributed by atoms with Crippen LogP contribution in [-0.4, -0.2) is 0 Å². The summed E-state index contributed by atoms with van der Waals surface area (Å²) in [7, 11) is 0. The van der Waals surface area contributed by atoms with Gasteiger partial charge in [-0.15, -0.1) is 6.58 Å². The van der Waals surface area contributed by atoms with Crippen molar-refractivity contribution in [3.63, 3.8) is 0 Å². The molecular weight excluding hydrogens is 165 g/mol. The Kier molecular flexibility index (Phi) is 2.52. The summed E-state index contributed by atoms with van der Waals surface area (Å²) in [5.74, 6) is -0.282. The van der Waals surface area contributed by atoms with Crippen LogP contribution >= 0.6 is 0 Å². The van der Waals surface area contributed by atoms with Crippen LogP contribution in [0.3, 0.4) is 0 Å². The molecule has 0 radical (unpaired) electrons. The van der Waals surface area contributed by atoms with Gasteiger partial charge in [0.25, 0.3) is 0 Å². The Morgan fingerprint density at radius 1 is 1.54 bits per heavy atom. The molecule has 0 amide bonds. The lowest BCUT2D eigenvalue weighted by atomic mass is 9.92. The average Bonchev–Trinajstić information content (AvgIpc) is 2.09. The van der Waals surface area contributed by atoms with Gasteiger partial charge in [-0.2, -0.15) is 0 Å². The first-order valence-electron chi connectivity index (χ1n) is 4.16. The van der Waals surface area contributed by atoms with Crippen LogP contribution in [0.4, 0.5) is 4.39 Å². The van der Waals surface area contributed by atoms with E-state index in [-0.39, 0.29) is 5.82 Å². The van der Waals surface area contributed by atoms with Gasteiger partial charge in [-0.25, -0.2) is 4.39 Å². The molecule has 0 fully saturated rings. The molecule has 1 atom stereocenters. The van der Waals surface area contributed by atoms with Crippen molar-refractivity contribution in [2.75, 3.05) is 0 Å². The van der Waals surface area contributed by atoms with Crippen LogP contribution in [0.2, 0.25) is 0 Å². The molecule has 0 saturated carbocycles. The number of nitrogens with two attached hydrogens (primary N) is 1. The third-order valence-corrected chi connectivity index (χ3v) is 2.13. The Morgan fingerprint density at radius 2 is 2.15 bits per heavy atom. The smallest absolute Gasteiger partial charge is 0.128 e. The van der Waals surface area contributed by atoms with Crippen molar-refractivity contribution in [1.82, 2.24) is 0 Å². The van der Waals surface area contributed by atoms with Gasteiger partial charge in [-0.05, 0) is 19.9 Å². The first kappa shape index (κ1) is 9.93. The molecule has 1 aromatic rings. The third-order valence-electron chi connectivity index (χ3n) is 2.13. The Labute approximate surface area is 78.1 Å². The highest BCUT2D eigenvalue weighted by Crippen LogP contribution is 2.22. The topological polar surface area (TPSA) is 26.0 Å². The molecule has 1 nitrogen and oxygen atoms in total. The molecule has 0 spiro atoms. The second-order valence-corrected chi connectivity index (χ2v) is 3.47. The predicted molar refractivity (Wildman–Crippen MR) is 52.9 cm³/mol. The maximum Gasteiger partial charge on any atom is 0.128 e. The van der Waals surface area contributed by atoms with Gasteiger partial charge in [-0.3, -0.25) is 0 Å². The van der Waals surface area contributed by atoms with Crippen molar-refractivity contribution < 1.29 is 4.39 Å². The Hall–Kier alpha value is -1.15. The first-order chi connectivity index (χ1) is 5.97. The van der Waals surface area contributed by atoms with Gasteiger partial charge in [0.2, 0.25) is 0 Å². The summed E-state index contributed by atoms with van der Waals surface area (Å²) in [6, 6.07) is 4.90. The zero-order valence-corrected chi connectivity index (χ0v) is 7.97. The SMILES string of the molecule is C=CC(C)(N)c1cc(C)ccc1F. The maximum absolute atomic E-state index is 13.3. The van der Waals surface area contributed by atoms with Crippen LogP contribution < -0.4 is 5.73 Å². The van der Waals surface area contributed by atoms with Crippen LogP contribution in [0, 0.1) is 12.7 Å². The molecule has 70 valence electrons. The van der Waals surface area contributed by atoms with E-state index >= 15 is 0 Å². The van der Waals surface area contributed by atoms with Crippen molar-refractivity contribution >= 4 is 0 Å². The van der Waals surface area contributed by atoms with Crippen LogP contribution in [-0.2, 0) is 5.54 Å². The van der Waals surface area contributed by atoms with Gasteiger partial charge in [0.15, 0.2) is 0 Å². The fourth-order valence-corrected chi connectivity index (χ4v) is 1.16. The van der Waals surface area contributed by atoms with Crippen molar-refractivity contribution in [2.24, 2.45) is 5.73 Å². The van der Waals surface area contributed by atoms with E-state index in [0.29, 0.717) is 5.56 Å². The lowest BCUT2D eigenvalue weighted by Crippen LogP contribution is -2.31. The molecule has 1 rings (SSSR count). The van der Waals surface area contributed by atoms with Crippen molar-refractivity contribution in [2.45, 2.75) is 19.4 Å². The fraction of sp³-hybridized carbons (Fsp3) is 0.273. The molecule has 0 heterocycles. The van der Waals surface area contributed by atoms with Gasteiger partial charge in [0.1, 0.15) is 5.82 Å². The molecule has 0 aliphatic heterocycles. The second-order valence-electron chi connectivity index (χ2n) is 3.47. The second kappa shape index (κ2) is 3.30. The van der Waals surface area contributed by atoms with Crippen LogP contribution in [0.25, 0.3) is 0 Å². The summed E-state index contributed by atoms with van der Waals surface area (Å²) in [6.07, 6.45) is 1.55. The number of rotatable bonds is 2. The van der Waals surface area contributed by atoms with E-state index in [4.69, 9.17) is 5.73 Å².